The molecular weight excluding hydrogens is 289 g/mol. The van der Waals surface area contributed by atoms with Gasteiger partial charge in [-0.05, 0) is 27.7 Å². The Balaban J connectivity index is 0. The van der Waals surface area contributed by atoms with Gasteiger partial charge < -0.3 is 9.84 Å². The van der Waals surface area contributed by atoms with Crippen LogP contribution in [-0.4, -0.2) is 53.2 Å². The summed E-state index contributed by atoms with van der Waals surface area (Å²) in [6.45, 7) is 12.5. The molecule has 0 aliphatic rings. The fourth-order valence-corrected chi connectivity index (χ4v) is 1.47. The zero-order chi connectivity index (χ0) is 14.3. The highest BCUT2D eigenvalue weighted by molar-refractivity contribution is 6.18. The van der Waals surface area contributed by atoms with Crippen molar-refractivity contribution in [3.63, 3.8) is 0 Å². The van der Waals surface area contributed by atoms with Crippen molar-refractivity contribution in [2.75, 3.05) is 25.6 Å². The van der Waals surface area contributed by atoms with Crippen LogP contribution in [0.2, 0.25) is 0 Å². The van der Waals surface area contributed by atoms with Crippen molar-refractivity contribution in [1.82, 2.24) is 4.90 Å². The van der Waals surface area contributed by atoms with Crippen LogP contribution in [0.4, 0.5) is 0 Å². The molecule has 0 radical (unpaired) electrons. The van der Waals surface area contributed by atoms with E-state index in [1.165, 1.54) is 0 Å². The van der Waals surface area contributed by atoms with E-state index in [-0.39, 0.29) is 36.4 Å². The van der Waals surface area contributed by atoms with Gasteiger partial charge in [-0.2, -0.15) is 0 Å². The van der Waals surface area contributed by atoms with E-state index in [4.69, 9.17) is 16.3 Å². The molecule has 0 aromatic carbocycles. The molecule has 1 N–H and O–H groups in total. The SMILES string of the molecule is C=C(C)C(=O)OCCN(CC(O)CCl)C(C)(C)C.Cl. The van der Waals surface area contributed by atoms with Crippen LogP contribution in [0.3, 0.4) is 0 Å². The van der Waals surface area contributed by atoms with Crippen LogP contribution < -0.4 is 0 Å². The van der Waals surface area contributed by atoms with E-state index in [0.717, 1.165) is 0 Å². The Morgan fingerprint density at radius 2 is 2.00 bits per heavy atom. The number of esters is 1. The second-order valence-electron chi connectivity index (χ2n) is 5.34. The Morgan fingerprint density at radius 3 is 2.37 bits per heavy atom. The van der Waals surface area contributed by atoms with Gasteiger partial charge in [-0.1, -0.05) is 6.58 Å². The predicted molar refractivity (Wildman–Crippen MR) is 81.1 cm³/mol. The Bertz CT molecular complexity index is 290. The molecular formula is C13H25Cl2NO3. The maximum Gasteiger partial charge on any atom is 0.333 e. The summed E-state index contributed by atoms with van der Waals surface area (Å²) >= 11 is 5.60. The summed E-state index contributed by atoms with van der Waals surface area (Å²) in [5.74, 6) is -0.195. The van der Waals surface area contributed by atoms with Crippen LogP contribution in [0, 0.1) is 0 Å². The molecule has 0 spiro atoms. The molecule has 0 aromatic heterocycles. The van der Waals surface area contributed by atoms with Gasteiger partial charge in [0, 0.05) is 30.1 Å². The standard InChI is InChI=1S/C13H24ClNO3.ClH/c1-10(2)12(17)18-7-6-15(13(3,4)5)9-11(16)8-14;/h11,16H,1,6-9H2,2-5H3;1H. The largest absolute Gasteiger partial charge is 0.461 e. The number of nitrogens with zero attached hydrogens (tertiary/aromatic N) is 1. The van der Waals surface area contributed by atoms with Gasteiger partial charge in [-0.3, -0.25) is 4.90 Å². The summed E-state index contributed by atoms with van der Waals surface area (Å²) in [6, 6.07) is 0. The number of β-amino-alcohol motifs (C(OH)–C–C–N with tert-alkyl or cyclic N) is 1. The summed E-state index contributed by atoms with van der Waals surface area (Å²) in [4.78, 5) is 13.3. The van der Waals surface area contributed by atoms with Crippen LogP contribution in [-0.2, 0) is 9.53 Å². The average molecular weight is 314 g/mol. The third kappa shape index (κ3) is 9.27. The first-order valence-electron chi connectivity index (χ1n) is 6.00. The van der Waals surface area contributed by atoms with E-state index in [1.54, 1.807) is 6.92 Å². The molecule has 0 fully saturated rings. The van der Waals surface area contributed by atoms with Gasteiger partial charge in [0.05, 0.1) is 6.10 Å². The highest BCUT2D eigenvalue weighted by Crippen LogP contribution is 2.13. The van der Waals surface area contributed by atoms with Crippen LogP contribution in [0.5, 0.6) is 0 Å². The van der Waals surface area contributed by atoms with Crippen molar-refractivity contribution in [3.8, 4) is 0 Å². The first kappa shape index (κ1) is 21.0. The second kappa shape index (κ2) is 9.59. The van der Waals surface area contributed by atoms with Crippen molar-refractivity contribution in [3.05, 3.63) is 12.2 Å². The summed E-state index contributed by atoms with van der Waals surface area (Å²) < 4.78 is 5.05. The number of hydrogen-bond acceptors (Lipinski definition) is 4. The highest BCUT2D eigenvalue weighted by Gasteiger charge is 2.23. The van der Waals surface area contributed by atoms with Gasteiger partial charge in [0.15, 0.2) is 0 Å². The van der Waals surface area contributed by atoms with E-state index in [2.05, 4.69) is 6.58 Å². The molecule has 114 valence electrons. The Hall–Kier alpha value is -0.290. The lowest BCUT2D eigenvalue weighted by atomic mass is 10.1. The van der Waals surface area contributed by atoms with Crippen molar-refractivity contribution < 1.29 is 14.6 Å². The first-order valence-corrected chi connectivity index (χ1v) is 6.53. The molecule has 1 unspecified atom stereocenters. The molecule has 19 heavy (non-hydrogen) atoms. The maximum absolute atomic E-state index is 11.2. The molecule has 0 aliphatic heterocycles. The minimum Gasteiger partial charge on any atom is -0.461 e. The molecule has 1 atom stereocenters. The van der Waals surface area contributed by atoms with Crippen LogP contribution >= 0.6 is 24.0 Å². The van der Waals surface area contributed by atoms with E-state index in [1.807, 2.05) is 25.7 Å². The average Bonchev–Trinajstić information content (AvgIpc) is 2.25. The number of rotatable bonds is 7. The van der Waals surface area contributed by atoms with Crippen LogP contribution in [0.1, 0.15) is 27.7 Å². The van der Waals surface area contributed by atoms with Gasteiger partial charge >= 0.3 is 5.97 Å². The van der Waals surface area contributed by atoms with E-state index >= 15 is 0 Å². The van der Waals surface area contributed by atoms with Crippen LogP contribution in [0.25, 0.3) is 0 Å². The van der Waals surface area contributed by atoms with E-state index < -0.39 is 6.10 Å². The fourth-order valence-electron chi connectivity index (χ4n) is 1.38. The number of ether oxygens (including phenoxy) is 1. The minimum absolute atomic E-state index is 0. The van der Waals surface area contributed by atoms with Crippen molar-refractivity contribution >= 4 is 30.0 Å². The van der Waals surface area contributed by atoms with Crippen molar-refractivity contribution in [1.29, 1.82) is 0 Å². The Morgan fingerprint density at radius 1 is 1.47 bits per heavy atom. The lowest BCUT2D eigenvalue weighted by molar-refractivity contribution is -0.139. The molecule has 0 aliphatic carbocycles. The van der Waals surface area contributed by atoms with Gasteiger partial charge in [-0.25, -0.2) is 4.79 Å². The number of hydrogen-bond donors (Lipinski definition) is 1. The molecule has 0 rings (SSSR count). The number of alkyl halides is 1. The highest BCUT2D eigenvalue weighted by atomic mass is 35.5. The molecule has 0 bridgehead atoms. The number of halogens is 2. The maximum atomic E-state index is 11.2. The first-order chi connectivity index (χ1) is 8.18. The molecule has 6 heteroatoms. The predicted octanol–water partition coefficient (Wildman–Crippen LogP) is 2.23. The Labute approximate surface area is 127 Å². The molecule has 0 heterocycles. The molecule has 0 aromatic rings. The lowest BCUT2D eigenvalue weighted by Gasteiger charge is -2.36. The molecule has 4 nitrogen and oxygen atoms in total. The fraction of sp³-hybridized carbons (Fsp3) is 0.769. The zero-order valence-electron chi connectivity index (χ0n) is 12.1. The normalized spacial score (nSPS) is 12.8. The van der Waals surface area contributed by atoms with E-state index in [0.29, 0.717) is 18.7 Å². The van der Waals surface area contributed by atoms with Crippen molar-refractivity contribution in [2.45, 2.75) is 39.3 Å². The lowest BCUT2D eigenvalue weighted by Crippen LogP contribution is -2.47. The van der Waals surface area contributed by atoms with Gasteiger partial charge in [0.2, 0.25) is 0 Å². The summed E-state index contributed by atoms with van der Waals surface area (Å²) in [7, 11) is 0. The smallest absolute Gasteiger partial charge is 0.333 e. The van der Waals surface area contributed by atoms with Crippen LogP contribution in [0.15, 0.2) is 12.2 Å². The summed E-state index contributed by atoms with van der Waals surface area (Å²) in [5, 5.41) is 9.59. The van der Waals surface area contributed by atoms with Gasteiger partial charge in [0.1, 0.15) is 6.61 Å². The van der Waals surface area contributed by atoms with E-state index in [9.17, 15) is 9.90 Å². The van der Waals surface area contributed by atoms with Crippen molar-refractivity contribution in [2.24, 2.45) is 0 Å². The number of carbonyl (C=O) groups is 1. The number of aliphatic hydroxyl groups is 1. The quantitative estimate of drug-likeness (QED) is 0.445. The minimum atomic E-state index is -0.581. The molecule has 0 saturated heterocycles. The molecule has 0 amide bonds. The topological polar surface area (TPSA) is 49.8 Å². The van der Waals surface area contributed by atoms with Gasteiger partial charge in [-0.15, -0.1) is 24.0 Å². The monoisotopic (exact) mass is 313 g/mol. The Kier molecular flexibility index (Phi) is 10.6. The second-order valence-corrected chi connectivity index (χ2v) is 5.65. The molecule has 0 saturated carbocycles. The third-order valence-corrected chi connectivity index (χ3v) is 2.86. The van der Waals surface area contributed by atoms with Gasteiger partial charge in [0.25, 0.3) is 0 Å². The summed E-state index contributed by atoms with van der Waals surface area (Å²) in [5.41, 5.74) is 0.265. The number of carbonyl (C=O) groups excluding carboxylic acids is 1. The summed E-state index contributed by atoms with van der Waals surface area (Å²) in [6.07, 6.45) is -0.581. The third-order valence-electron chi connectivity index (χ3n) is 2.50. The zero-order valence-corrected chi connectivity index (χ0v) is 13.7. The number of aliphatic hydroxyl groups excluding tert-OH is 1.